The number of carbonyl (C=O) groups excluding carboxylic acids is 1. The second-order valence-electron chi connectivity index (χ2n) is 8.32. The maximum absolute atomic E-state index is 12.6. The molecule has 2 aromatic carbocycles. The fourth-order valence-corrected chi connectivity index (χ4v) is 3.83. The molecule has 162 valence electrons. The van der Waals surface area contributed by atoms with Gasteiger partial charge in [0.1, 0.15) is 0 Å². The molecule has 3 aromatic rings. The minimum absolute atomic E-state index is 0.00354. The van der Waals surface area contributed by atoms with Crippen LogP contribution >= 0.6 is 0 Å². The molecule has 8 heteroatoms. The Labute approximate surface area is 183 Å². The summed E-state index contributed by atoms with van der Waals surface area (Å²) in [6, 6.07) is 15.0. The summed E-state index contributed by atoms with van der Waals surface area (Å²) < 4.78 is 28.8. The minimum Gasteiger partial charge on any atom is -0.363 e. The molecule has 0 saturated heterocycles. The van der Waals surface area contributed by atoms with Gasteiger partial charge in [-0.1, -0.05) is 39.0 Å². The van der Waals surface area contributed by atoms with Gasteiger partial charge in [0, 0.05) is 17.2 Å². The van der Waals surface area contributed by atoms with Crippen molar-refractivity contribution in [3.63, 3.8) is 0 Å². The van der Waals surface area contributed by atoms with Crippen LogP contribution in [0.4, 0.5) is 11.6 Å². The Balaban J connectivity index is 1.71. The molecule has 0 aliphatic rings. The predicted molar refractivity (Wildman–Crippen MR) is 121 cm³/mol. The van der Waals surface area contributed by atoms with Crippen molar-refractivity contribution < 1.29 is 13.2 Å². The van der Waals surface area contributed by atoms with Crippen LogP contribution in [0.25, 0.3) is 4.72 Å². The molecule has 1 aromatic heterocycles. The predicted octanol–water partition coefficient (Wildman–Crippen LogP) is 5.04. The van der Waals surface area contributed by atoms with Gasteiger partial charge in [-0.15, -0.1) is 0 Å². The van der Waals surface area contributed by atoms with Crippen molar-refractivity contribution in [2.24, 2.45) is 0 Å². The number of benzene rings is 2. The van der Waals surface area contributed by atoms with E-state index in [0.29, 0.717) is 22.6 Å². The van der Waals surface area contributed by atoms with Crippen LogP contribution < -0.4 is 5.32 Å². The third kappa shape index (κ3) is 5.67. The summed E-state index contributed by atoms with van der Waals surface area (Å²) in [5.74, 6) is -0.377. The number of anilines is 1. The number of sulfonamides is 1. The monoisotopic (exact) mass is 437 g/mol. The van der Waals surface area contributed by atoms with Crippen LogP contribution in [0.15, 0.2) is 59.5 Å². The summed E-state index contributed by atoms with van der Waals surface area (Å²) in [6.45, 7) is 9.81. The molecule has 0 aliphatic heterocycles. The maximum Gasteiger partial charge on any atom is 0.255 e. The Morgan fingerprint density at radius 3 is 1.97 bits per heavy atom. The third-order valence-corrected chi connectivity index (χ3v) is 5.87. The Morgan fingerprint density at radius 1 is 0.903 bits per heavy atom. The van der Waals surface area contributed by atoms with E-state index >= 15 is 0 Å². The summed E-state index contributed by atoms with van der Waals surface area (Å²) in [7, 11) is -3.98. The molecule has 1 heterocycles. The lowest BCUT2D eigenvalue weighted by Gasteiger charge is -2.19. The molecule has 0 unspecified atom stereocenters. The fourth-order valence-electron chi connectivity index (χ4n) is 2.94. The van der Waals surface area contributed by atoms with E-state index < -0.39 is 10.0 Å². The topological polar surface area (TPSA) is 103 Å². The van der Waals surface area contributed by atoms with E-state index in [0.717, 1.165) is 5.56 Å². The zero-order valence-corrected chi connectivity index (χ0v) is 19.0. The lowest BCUT2D eigenvalue weighted by atomic mass is 9.87. The van der Waals surface area contributed by atoms with E-state index in [1.165, 1.54) is 24.3 Å². The summed E-state index contributed by atoms with van der Waals surface area (Å²) >= 11 is 0. The van der Waals surface area contributed by atoms with E-state index in [1.54, 1.807) is 32.0 Å². The van der Waals surface area contributed by atoms with Crippen molar-refractivity contribution in [1.82, 2.24) is 9.97 Å². The van der Waals surface area contributed by atoms with Crippen molar-refractivity contribution >= 4 is 27.6 Å². The Kier molecular flexibility index (Phi) is 6.13. The number of hydrogen-bond acceptors (Lipinski definition) is 5. The summed E-state index contributed by atoms with van der Waals surface area (Å²) in [4.78, 5) is 20.6. The number of nitrogens with one attached hydrogen (secondary N) is 1. The summed E-state index contributed by atoms with van der Waals surface area (Å²) in [5.41, 5.74) is 3.40. The first-order valence-electron chi connectivity index (χ1n) is 9.76. The highest BCUT2D eigenvalue weighted by atomic mass is 32.2. The second kappa shape index (κ2) is 8.47. The SMILES string of the molecule is Cc1cc(C)nc([N-]S(=O)(=O)c2ccc(NC(=O)c3ccc(C(C)(C)C)cc3)cc2)n1. The molecule has 0 spiro atoms. The Morgan fingerprint density at radius 2 is 1.45 bits per heavy atom. The highest BCUT2D eigenvalue weighted by Crippen LogP contribution is 2.26. The maximum atomic E-state index is 12.6. The van der Waals surface area contributed by atoms with E-state index in [9.17, 15) is 13.2 Å². The number of carbonyl (C=O) groups is 1. The summed E-state index contributed by atoms with van der Waals surface area (Å²) in [5, 5.41) is 2.77. The van der Waals surface area contributed by atoms with Crippen molar-refractivity contribution in [2.45, 2.75) is 44.9 Å². The highest BCUT2D eigenvalue weighted by Gasteiger charge is 2.15. The first kappa shape index (κ1) is 22.4. The van der Waals surface area contributed by atoms with Crippen LogP contribution in [0, 0.1) is 13.8 Å². The number of nitrogens with zero attached hydrogens (tertiary/aromatic N) is 3. The molecule has 0 radical (unpaired) electrons. The van der Waals surface area contributed by atoms with Crippen molar-refractivity contribution in [1.29, 1.82) is 0 Å². The molecule has 0 fully saturated rings. The molecule has 3 rings (SSSR count). The van der Waals surface area contributed by atoms with Gasteiger partial charge in [0.25, 0.3) is 5.91 Å². The van der Waals surface area contributed by atoms with Crippen LogP contribution in [-0.4, -0.2) is 24.3 Å². The van der Waals surface area contributed by atoms with Gasteiger partial charge in [-0.2, -0.15) is 0 Å². The number of hydrogen-bond donors (Lipinski definition) is 1. The quantitative estimate of drug-likeness (QED) is 0.602. The van der Waals surface area contributed by atoms with Crippen LogP contribution in [0.5, 0.6) is 0 Å². The molecule has 1 N–H and O–H groups in total. The second-order valence-corrected chi connectivity index (χ2v) is 9.93. The van der Waals surface area contributed by atoms with Crippen molar-refractivity contribution in [3.05, 3.63) is 81.8 Å². The normalized spacial score (nSPS) is 11.8. The molecule has 0 atom stereocenters. The molecular weight excluding hydrogens is 412 g/mol. The third-order valence-electron chi connectivity index (χ3n) is 4.60. The van der Waals surface area contributed by atoms with Crippen LogP contribution in [0.3, 0.4) is 0 Å². The standard InChI is InChI=1S/C23H26N4O3S/c1-15-14-16(2)25-22(24-15)27-31(29,30)20-12-10-19(11-13-20)26-21(28)17-6-8-18(9-7-17)23(3,4)5/h6-14H,1-5H3,(H2,24,25,26,27,28)/p-1. The molecule has 31 heavy (non-hydrogen) atoms. The number of aryl methyl sites for hydroxylation is 2. The first-order valence-corrected chi connectivity index (χ1v) is 11.2. The molecule has 0 aliphatic carbocycles. The van der Waals surface area contributed by atoms with Gasteiger partial charge in [-0.25, -0.2) is 8.42 Å². The molecule has 1 amide bonds. The number of aromatic nitrogens is 2. The largest absolute Gasteiger partial charge is 0.363 e. The van der Waals surface area contributed by atoms with Gasteiger partial charge < -0.3 is 15.3 Å². The lowest BCUT2D eigenvalue weighted by Crippen LogP contribution is -2.14. The molecule has 0 bridgehead atoms. The molecular formula is C23H25N4O3S-. The van der Waals surface area contributed by atoms with Crippen LogP contribution in [0.2, 0.25) is 0 Å². The van der Waals surface area contributed by atoms with Crippen LogP contribution in [-0.2, 0) is 15.4 Å². The van der Waals surface area contributed by atoms with Gasteiger partial charge >= 0.3 is 0 Å². The minimum atomic E-state index is -3.98. The fraction of sp³-hybridized carbons (Fsp3) is 0.261. The first-order chi connectivity index (χ1) is 14.4. The Bertz CT molecular complexity index is 1180. The average Bonchev–Trinajstić information content (AvgIpc) is 2.66. The smallest absolute Gasteiger partial charge is 0.255 e. The van der Waals surface area contributed by atoms with Gasteiger partial charge in [0.15, 0.2) is 0 Å². The Hall–Kier alpha value is -3.26. The van der Waals surface area contributed by atoms with E-state index in [-0.39, 0.29) is 22.2 Å². The zero-order valence-electron chi connectivity index (χ0n) is 18.2. The van der Waals surface area contributed by atoms with Crippen molar-refractivity contribution in [2.75, 3.05) is 5.32 Å². The number of amides is 1. The van der Waals surface area contributed by atoms with E-state index in [2.05, 4.69) is 40.8 Å². The zero-order chi connectivity index (χ0) is 22.8. The van der Waals surface area contributed by atoms with Gasteiger partial charge in [0.2, 0.25) is 10.0 Å². The lowest BCUT2D eigenvalue weighted by molar-refractivity contribution is 0.102. The van der Waals surface area contributed by atoms with Crippen molar-refractivity contribution in [3.8, 4) is 0 Å². The molecule has 7 nitrogen and oxygen atoms in total. The molecule has 0 saturated carbocycles. The van der Waals surface area contributed by atoms with Crippen LogP contribution in [0.1, 0.15) is 48.1 Å². The summed E-state index contributed by atoms with van der Waals surface area (Å²) in [6.07, 6.45) is 0. The van der Waals surface area contributed by atoms with Gasteiger partial charge in [-0.05, 0) is 72.6 Å². The van der Waals surface area contributed by atoms with Gasteiger partial charge in [-0.3, -0.25) is 9.52 Å². The number of rotatable bonds is 5. The van der Waals surface area contributed by atoms with Gasteiger partial charge in [0.05, 0.1) is 4.90 Å². The van der Waals surface area contributed by atoms with E-state index in [1.807, 2.05) is 12.1 Å². The average molecular weight is 438 g/mol. The highest BCUT2D eigenvalue weighted by molar-refractivity contribution is 7.94. The van der Waals surface area contributed by atoms with E-state index in [4.69, 9.17) is 0 Å².